The van der Waals surface area contributed by atoms with Crippen LogP contribution in [-0.4, -0.2) is 114 Å². The second-order valence-corrected chi connectivity index (χ2v) is 16.4. The molecule has 0 spiro atoms. The highest BCUT2D eigenvalue weighted by molar-refractivity contribution is 6.32. The van der Waals surface area contributed by atoms with Crippen LogP contribution in [0.2, 0.25) is 5.02 Å². The lowest BCUT2D eigenvalue weighted by atomic mass is 9.92. The van der Waals surface area contributed by atoms with Crippen molar-refractivity contribution < 1.29 is 33.1 Å². The van der Waals surface area contributed by atoms with E-state index < -0.39 is 35.5 Å². The highest BCUT2D eigenvalue weighted by atomic mass is 35.5. The smallest absolute Gasteiger partial charge is 0.272 e. The van der Waals surface area contributed by atoms with Crippen molar-refractivity contribution in [2.75, 3.05) is 55.6 Å². The predicted octanol–water partition coefficient (Wildman–Crippen LogP) is 4.01. The number of nitrogens with one attached hydrogen (secondary N) is 2. The lowest BCUT2D eigenvalue weighted by molar-refractivity contribution is -0.136. The van der Waals surface area contributed by atoms with Crippen molar-refractivity contribution in [1.82, 2.24) is 30.6 Å². The van der Waals surface area contributed by atoms with Gasteiger partial charge < -0.3 is 19.9 Å². The minimum atomic E-state index is -1.10. The van der Waals surface area contributed by atoms with Gasteiger partial charge in [-0.2, -0.15) is 5.26 Å². The number of aromatic nitrogens is 2. The molecule has 0 bridgehead atoms. The van der Waals surface area contributed by atoms with Gasteiger partial charge in [-0.3, -0.25) is 39.1 Å². The molecule has 17 heteroatoms. The largest absolute Gasteiger partial charge is 0.490 e. The Labute approximate surface area is 345 Å². The Hall–Kier alpha value is -5.66. The van der Waals surface area contributed by atoms with Gasteiger partial charge >= 0.3 is 0 Å². The zero-order valence-corrected chi connectivity index (χ0v) is 33.5. The standard InChI is InChI=1S/C42H45ClFN9O6/c1-24-35(9-2-26(22-45)38(24)43)59-28-5-3-27(4-6-28)46-39(55)32-7-10-36(49-48-32)52-14-12-25(13-15-52)23-50-16-18-51(19-17-50)34-21-30-29(20-31(34)44)41(57)53(42(30)58)33-8-11-37(54)47-40(33)56/h2,7,9-10,20-21,25,27-28,33H,3-6,8,11-19,23H2,1H3,(H,46,55)(H,47,54,56). The normalized spacial score (nSPS) is 22.9. The Balaban J connectivity index is 0.765. The second kappa shape index (κ2) is 16.9. The molecule has 5 heterocycles. The number of piperidine rings is 2. The first kappa shape index (κ1) is 40.1. The first-order chi connectivity index (χ1) is 28.5. The molecule has 308 valence electrons. The maximum absolute atomic E-state index is 15.4. The number of carbonyl (C=O) groups excluding carboxylic acids is 5. The summed E-state index contributed by atoms with van der Waals surface area (Å²) in [5.74, 6) is -1.50. The molecule has 2 aromatic carbocycles. The number of nitriles is 1. The summed E-state index contributed by atoms with van der Waals surface area (Å²) in [6.07, 6.45) is 5.06. The summed E-state index contributed by atoms with van der Waals surface area (Å²) >= 11 is 6.31. The first-order valence-electron chi connectivity index (χ1n) is 20.2. The van der Waals surface area contributed by atoms with Gasteiger partial charge in [0.2, 0.25) is 11.8 Å². The van der Waals surface area contributed by atoms with Gasteiger partial charge in [0.05, 0.1) is 33.5 Å². The Morgan fingerprint density at radius 2 is 1.63 bits per heavy atom. The number of hydrogen-bond donors (Lipinski definition) is 2. The minimum Gasteiger partial charge on any atom is -0.490 e. The lowest BCUT2D eigenvalue weighted by Crippen LogP contribution is -2.54. The Bertz CT molecular complexity index is 2210. The van der Waals surface area contributed by atoms with Crippen LogP contribution in [0, 0.1) is 30.0 Å². The van der Waals surface area contributed by atoms with Gasteiger partial charge in [-0.15, -0.1) is 10.2 Å². The monoisotopic (exact) mass is 825 g/mol. The van der Waals surface area contributed by atoms with Crippen molar-refractivity contribution >= 4 is 52.6 Å². The molecular formula is C42H45ClFN9O6. The van der Waals surface area contributed by atoms with E-state index >= 15 is 4.39 Å². The molecule has 1 atom stereocenters. The Morgan fingerprint density at radius 3 is 2.29 bits per heavy atom. The number of imide groups is 2. The van der Waals surface area contributed by atoms with Gasteiger partial charge in [0.15, 0.2) is 11.5 Å². The molecule has 2 N–H and O–H groups in total. The average molecular weight is 826 g/mol. The third-order valence-corrected chi connectivity index (χ3v) is 12.8. The quantitative estimate of drug-likeness (QED) is 0.297. The van der Waals surface area contributed by atoms with Gasteiger partial charge in [0.25, 0.3) is 17.7 Å². The van der Waals surface area contributed by atoms with Crippen molar-refractivity contribution in [3.8, 4) is 11.8 Å². The minimum absolute atomic E-state index is 0.000544. The molecule has 15 nitrogen and oxygen atoms in total. The van der Waals surface area contributed by atoms with Crippen molar-refractivity contribution in [2.45, 2.75) is 76.5 Å². The number of hydrogen-bond acceptors (Lipinski definition) is 12. The maximum atomic E-state index is 15.4. The fraction of sp³-hybridized carbons (Fsp3) is 0.476. The van der Waals surface area contributed by atoms with Crippen molar-refractivity contribution in [1.29, 1.82) is 5.26 Å². The number of ether oxygens (including phenoxy) is 1. The first-order valence-corrected chi connectivity index (χ1v) is 20.6. The molecular weight excluding hydrogens is 781 g/mol. The number of fused-ring (bicyclic) bond motifs is 1. The Morgan fingerprint density at radius 1 is 0.915 bits per heavy atom. The second-order valence-electron chi connectivity index (χ2n) is 16.0. The van der Waals surface area contributed by atoms with E-state index in [1.807, 2.05) is 17.9 Å². The number of amides is 5. The van der Waals surface area contributed by atoms with Crippen LogP contribution in [0.1, 0.15) is 93.7 Å². The lowest BCUT2D eigenvalue weighted by Gasteiger charge is -2.39. The highest BCUT2D eigenvalue weighted by Crippen LogP contribution is 2.34. The van der Waals surface area contributed by atoms with E-state index in [9.17, 15) is 29.2 Å². The van der Waals surface area contributed by atoms with E-state index in [0.29, 0.717) is 48.4 Å². The third-order valence-electron chi connectivity index (χ3n) is 12.3. The summed E-state index contributed by atoms with van der Waals surface area (Å²) in [6.45, 7) is 6.90. The number of halogens is 2. The Kier molecular flexibility index (Phi) is 11.5. The summed E-state index contributed by atoms with van der Waals surface area (Å²) in [6, 6.07) is 10.5. The third kappa shape index (κ3) is 8.31. The molecule has 1 unspecified atom stereocenters. The average Bonchev–Trinajstić information content (AvgIpc) is 3.48. The van der Waals surface area contributed by atoms with Crippen molar-refractivity contribution in [2.24, 2.45) is 5.92 Å². The zero-order valence-electron chi connectivity index (χ0n) is 32.7. The molecule has 5 amide bonds. The van der Waals surface area contributed by atoms with E-state index in [2.05, 4.69) is 36.7 Å². The van der Waals surface area contributed by atoms with Crippen molar-refractivity contribution in [3.63, 3.8) is 0 Å². The fourth-order valence-corrected chi connectivity index (χ4v) is 9.06. The van der Waals surface area contributed by atoms with Crippen LogP contribution in [0.5, 0.6) is 5.75 Å². The summed E-state index contributed by atoms with van der Waals surface area (Å²) in [5.41, 5.74) is 1.70. The van der Waals surface area contributed by atoms with Crippen LogP contribution in [0.4, 0.5) is 15.9 Å². The molecule has 5 aliphatic rings. The summed E-state index contributed by atoms with van der Waals surface area (Å²) in [4.78, 5) is 70.8. The maximum Gasteiger partial charge on any atom is 0.272 e. The van der Waals surface area contributed by atoms with Crippen LogP contribution >= 0.6 is 11.6 Å². The van der Waals surface area contributed by atoms with Crippen LogP contribution in [-0.2, 0) is 9.59 Å². The molecule has 8 rings (SSSR count). The summed E-state index contributed by atoms with van der Waals surface area (Å²) in [5, 5.41) is 23.6. The van der Waals surface area contributed by atoms with E-state index in [1.54, 1.807) is 18.2 Å². The van der Waals surface area contributed by atoms with Crippen molar-refractivity contribution in [3.05, 3.63) is 75.2 Å². The van der Waals surface area contributed by atoms with E-state index in [0.717, 1.165) is 80.5 Å². The molecule has 4 aliphatic heterocycles. The number of benzene rings is 2. The van der Waals surface area contributed by atoms with Crippen LogP contribution in [0.25, 0.3) is 0 Å². The van der Waals surface area contributed by atoms with E-state index in [-0.39, 0.29) is 53.4 Å². The van der Waals surface area contributed by atoms with E-state index in [4.69, 9.17) is 16.3 Å². The van der Waals surface area contributed by atoms with Crippen LogP contribution in [0.3, 0.4) is 0 Å². The van der Waals surface area contributed by atoms with Crippen LogP contribution < -0.4 is 25.2 Å². The van der Waals surface area contributed by atoms with Gasteiger partial charge in [-0.1, -0.05) is 11.6 Å². The molecule has 1 aromatic heterocycles. The van der Waals surface area contributed by atoms with Gasteiger partial charge in [0, 0.05) is 63.8 Å². The number of nitrogens with zero attached hydrogens (tertiary/aromatic N) is 7. The molecule has 59 heavy (non-hydrogen) atoms. The SMILES string of the molecule is Cc1c(OC2CCC(NC(=O)c3ccc(N4CCC(CN5CCN(c6cc7c(cc6F)C(=O)N(C6CCC(=O)NC6=O)C7=O)CC5)CC4)nn3)CC2)ccc(C#N)c1Cl. The number of anilines is 2. The molecule has 3 aromatic rings. The zero-order chi connectivity index (χ0) is 41.4. The van der Waals surface area contributed by atoms with Crippen LogP contribution in [0.15, 0.2) is 36.4 Å². The van der Waals surface area contributed by atoms with Gasteiger partial charge in [-0.25, -0.2) is 4.39 Å². The molecule has 1 aliphatic carbocycles. The highest BCUT2D eigenvalue weighted by Gasteiger charge is 2.45. The molecule has 4 fully saturated rings. The predicted molar refractivity (Wildman–Crippen MR) is 214 cm³/mol. The van der Waals surface area contributed by atoms with E-state index in [1.165, 1.54) is 6.07 Å². The fourth-order valence-electron chi connectivity index (χ4n) is 8.86. The van der Waals surface area contributed by atoms with Gasteiger partial charge in [0.1, 0.15) is 23.7 Å². The molecule has 0 radical (unpaired) electrons. The molecule has 3 saturated heterocycles. The number of carbonyl (C=O) groups is 5. The summed E-state index contributed by atoms with van der Waals surface area (Å²) in [7, 11) is 0. The van der Waals surface area contributed by atoms with Gasteiger partial charge in [-0.05, 0) is 94.2 Å². The summed E-state index contributed by atoms with van der Waals surface area (Å²) < 4.78 is 21.6. The number of piperazine rings is 1. The molecule has 1 saturated carbocycles. The number of rotatable bonds is 9. The topological polar surface area (TPSA) is 181 Å².